The van der Waals surface area contributed by atoms with E-state index in [2.05, 4.69) is 20.9 Å². The lowest BCUT2D eigenvalue weighted by Crippen LogP contribution is -2.37. The summed E-state index contributed by atoms with van der Waals surface area (Å²) in [6.45, 7) is 7.61. The van der Waals surface area contributed by atoms with E-state index >= 15 is 0 Å². The predicted octanol–water partition coefficient (Wildman–Crippen LogP) is 3.19. The second kappa shape index (κ2) is 18.4. The lowest BCUT2D eigenvalue weighted by Gasteiger charge is -2.30. The zero-order valence-electron chi connectivity index (χ0n) is 30.4. The predicted molar refractivity (Wildman–Crippen MR) is 192 cm³/mol. The van der Waals surface area contributed by atoms with Crippen LogP contribution in [-0.4, -0.2) is 82.3 Å². The molecule has 2 amide bonds. The molecule has 6 atom stereocenters. The topological polar surface area (TPSA) is 197 Å². The normalized spacial score (nSPS) is 27.8. The molecule has 2 bridgehead atoms. The van der Waals surface area contributed by atoms with Gasteiger partial charge >= 0.3 is 6.09 Å². The van der Waals surface area contributed by atoms with Crippen molar-refractivity contribution in [1.29, 1.82) is 0 Å². The van der Waals surface area contributed by atoms with E-state index in [0.717, 1.165) is 11.6 Å². The lowest BCUT2D eigenvalue weighted by atomic mass is 9.85. The number of aliphatic hydroxyl groups is 1. The van der Waals surface area contributed by atoms with Crippen molar-refractivity contribution < 1.29 is 38.5 Å². The summed E-state index contributed by atoms with van der Waals surface area (Å²) < 4.78 is 18.4. The molecule has 2 heterocycles. The third-order valence-corrected chi connectivity index (χ3v) is 9.01. The minimum absolute atomic E-state index is 0.0982. The molecule has 2 aromatic rings. The van der Waals surface area contributed by atoms with Crippen LogP contribution in [-0.2, 0) is 41.7 Å². The highest BCUT2D eigenvalue weighted by molar-refractivity contribution is 6.23. The molecule has 0 fully saturated rings. The minimum atomic E-state index is -1.01. The number of ketones is 2. The fourth-order valence-electron chi connectivity index (χ4n) is 6.22. The Labute approximate surface area is 303 Å². The van der Waals surface area contributed by atoms with Crippen LogP contribution >= 0.6 is 0 Å². The number of nitrogens with zero attached hydrogens (tertiary/aromatic N) is 3. The van der Waals surface area contributed by atoms with Crippen LogP contribution in [0.5, 0.6) is 0 Å². The molecule has 14 heteroatoms. The second-order valence-electron chi connectivity index (χ2n) is 13.2. The molecule has 14 nitrogen and oxygen atoms in total. The highest BCUT2D eigenvalue weighted by atomic mass is 16.6. The molecule has 0 saturated heterocycles. The monoisotopic (exact) mass is 716 g/mol. The van der Waals surface area contributed by atoms with Gasteiger partial charge in [-0.05, 0) is 43.7 Å². The van der Waals surface area contributed by atoms with Gasteiger partial charge in [0.2, 0.25) is 11.6 Å². The van der Waals surface area contributed by atoms with Gasteiger partial charge in [0, 0.05) is 37.4 Å². The molecular weight excluding hydrogens is 668 g/mol. The number of fused-ring (bicyclic) bond motifs is 2. The third kappa shape index (κ3) is 10.4. The second-order valence-corrected chi connectivity index (χ2v) is 13.2. The highest BCUT2D eigenvalue weighted by Crippen LogP contribution is 2.29. The van der Waals surface area contributed by atoms with Crippen molar-refractivity contribution in [2.24, 2.45) is 17.6 Å². The van der Waals surface area contributed by atoms with Crippen molar-refractivity contribution in [3.63, 3.8) is 0 Å². The maximum atomic E-state index is 14.0. The number of primary amides is 1. The number of aromatic nitrogens is 3. The van der Waals surface area contributed by atoms with Crippen LogP contribution in [0.3, 0.4) is 0 Å². The van der Waals surface area contributed by atoms with Gasteiger partial charge in [-0.2, -0.15) is 0 Å². The summed E-state index contributed by atoms with van der Waals surface area (Å²) in [4.78, 5) is 52.7. The third-order valence-electron chi connectivity index (χ3n) is 9.01. The van der Waals surface area contributed by atoms with E-state index in [1.165, 1.54) is 20.3 Å². The molecule has 1 aromatic carbocycles. The van der Waals surface area contributed by atoms with Gasteiger partial charge in [0.05, 0.1) is 42.9 Å². The average molecular weight is 717 g/mol. The highest BCUT2D eigenvalue weighted by Gasteiger charge is 2.33. The Bertz CT molecular complexity index is 1780. The maximum Gasteiger partial charge on any atom is 0.405 e. The summed E-state index contributed by atoms with van der Waals surface area (Å²) in [5, 5.41) is 25.5. The fourth-order valence-corrected chi connectivity index (χ4v) is 6.22. The number of nitrogens with two attached hydrogens (primary N) is 1. The number of nitrogens with one attached hydrogen (secondary N) is 2. The number of hydrogen-bond acceptors (Lipinski definition) is 11. The molecule has 1 aromatic heterocycles. The Morgan fingerprint density at radius 2 is 1.85 bits per heavy atom. The summed E-state index contributed by atoms with van der Waals surface area (Å²) in [5.74, 6) is -2.33. The van der Waals surface area contributed by atoms with E-state index < -0.39 is 53.9 Å². The molecule has 0 radical (unpaired) electrons. The summed E-state index contributed by atoms with van der Waals surface area (Å²) in [6, 6.07) is 9.78. The molecule has 52 heavy (non-hydrogen) atoms. The van der Waals surface area contributed by atoms with Gasteiger partial charge in [0.25, 0.3) is 5.91 Å². The van der Waals surface area contributed by atoms with Crippen molar-refractivity contribution in [3.8, 4) is 0 Å². The molecular formula is C38H48N6O8. The molecule has 278 valence electrons. The number of aliphatic hydroxyl groups excluding tert-OH is 1. The Hall–Kier alpha value is -5.18. The first-order valence-corrected chi connectivity index (χ1v) is 17.1. The first-order chi connectivity index (χ1) is 24.8. The molecule has 2 aliphatic rings. The number of Topliss-reactive ketones (excluding diaryl/α,β-unsaturated/α-hetero) is 1. The smallest absolute Gasteiger partial charge is 0.405 e. The molecule has 5 N–H and O–H groups in total. The van der Waals surface area contributed by atoms with Crippen molar-refractivity contribution in [1.82, 2.24) is 25.6 Å². The van der Waals surface area contributed by atoms with Gasteiger partial charge in [-0.25, -0.2) is 9.48 Å². The van der Waals surface area contributed by atoms with E-state index in [9.17, 15) is 24.3 Å². The maximum absolute atomic E-state index is 14.0. The van der Waals surface area contributed by atoms with E-state index in [-0.39, 0.29) is 41.4 Å². The van der Waals surface area contributed by atoms with Crippen molar-refractivity contribution in [2.75, 3.05) is 14.2 Å². The zero-order valence-corrected chi connectivity index (χ0v) is 30.4. The minimum Gasteiger partial charge on any atom is -0.439 e. The van der Waals surface area contributed by atoms with Crippen molar-refractivity contribution >= 4 is 23.6 Å². The number of hydrogen-bond donors (Lipinski definition) is 4. The first kappa shape index (κ1) is 39.6. The van der Waals surface area contributed by atoms with Gasteiger partial charge in [-0.3, -0.25) is 14.4 Å². The quantitative estimate of drug-likeness (QED) is 0.231. The van der Waals surface area contributed by atoms with Gasteiger partial charge in [0.15, 0.2) is 6.10 Å². The molecule has 0 spiro atoms. The number of rotatable bonds is 8. The Morgan fingerprint density at radius 3 is 2.52 bits per heavy atom. The summed E-state index contributed by atoms with van der Waals surface area (Å²) in [7, 11) is 2.92. The number of methoxy groups -OCH3 is 2. The summed E-state index contributed by atoms with van der Waals surface area (Å²) in [6.07, 6.45) is 5.32. The Kier molecular flexibility index (Phi) is 14.0. The van der Waals surface area contributed by atoms with Gasteiger partial charge in [-0.1, -0.05) is 73.7 Å². The van der Waals surface area contributed by atoms with Gasteiger partial charge in [-0.15, -0.1) is 5.10 Å². The molecule has 4 rings (SSSR count). The first-order valence-electron chi connectivity index (χ1n) is 17.1. The van der Waals surface area contributed by atoms with Crippen LogP contribution in [0.25, 0.3) is 0 Å². The Morgan fingerprint density at radius 1 is 1.12 bits per heavy atom. The number of allylic oxidation sites excluding steroid dienone is 4. The van der Waals surface area contributed by atoms with Crippen LogP contribution < -0.4 is 16.4 Å². The van der Waals surface area contributed by atoms with Crippen molar-refractivity contribution in [2.45, 2.75) is 78.0 Å². The lowest BCUT2D eigenvalue weighted by molar-refractivity contribution is -0.120. The van der Waals surface area contributed by atoms with Crippen LogP contribution in [0.15, 0.2) is 95.0 Å². The standard InChI is InChI=1S/C38H48N6O8/c1-22-15-28-33(40-19-27-21-44(43-42-27)20-26-12-8-7-9-13-26)30(45)18-29(35(28)47)41-37(48)23(2)11-10-14-31(50-5)36(52-38(39)49)25(4)17-24(3)34(46)32(16-22)51-6/h7-14,17-18,21-22,24,31-32,34,36,40,46H,15-16,19-20H2,1-6H3,(H2,39,49)(H,41,48)/b14-10-,23-11+,25-17+/t22-,24+,31+,32+,34-,36+/m1/s1. The van der Waals surface area contributed by atoms with Crippen LogP contribution in [0, 0.1) is 11.8 Å². The van der Waals surface area contributed by atoms with Gasteiger partial charge in [0.1, 0.15) is 11.8 Å². The van der Waals surface area contributed by atoms with Crippen LogP contribution in [0.1, 0.15) is 51.8 Å². The molecule has 0 saturated carbocycles. The van der Waals surface area contributed by atoms with Crippen LogP contribution in [0.2, 0.25) is 0 Å². The number of carbonyl (C=O) groups excluding carboxylic acids is 4. The number of amides is 2. The number of carbonyl (C=O) groups is 4. The SMILES string of the molecule is CO[C@H]1/C=C\C=C(/C)C(=O)NC2=CC(=O)C(NCc3cn(Cc4ccccc4)nn3)=C(C[C@@H](C)C[C@H](OC)[C@H](O)[C@@H](C)/C=C(\C)[C@@H]1OC(N)=O)C2=O. The van der Waals surface area contributed by atoms with E-state index in [4.69, 9.17) is 19.9 Å². The molecule has 1 aliphatic heterocycles. The summed E-state index contributed by atoms with van der Waals surface area (Å²) in [5.41, 5.74) is 7.92. The van der Waals surface area contributed by atoms with Crippen molar-refractivity contribution in [3.05, 3.63) is 106 Å². The largest absolute Gasteiger partial charge is 0.439 e. The van der Waals surface area contributed by atoms with Gasteiger partial charge < -0.3 is 35.7 Å². The number of benzene rings is 1. The van der Waals surface area contributed by atoms with E-state index in [0.29, 0.717) is 24.2 Å². The molecule has 1 aliphatic carbocycles. The zero-order chi connectivity index (χ0) is 37.9. The number of ether oxygens (including phenoxy) is 3. The summed E-state index contributed by atoms with van der Waals surface area (Å²) >= 11 is 0. The van der Waals surface area contributed by atoms with E-state index in [1.807, 2.05) is 37.3 Å². The average Bonchev–Trinajstić information content (AvgIpc) is 3.56. The van der Waals surface area contributed by atoms with E-state index in [1.54, 1.807) is 49.9 Å². The Balaban J connectivity index is 1.67. The van der Waals surface area contributed by atoms with Crippen LogP contribution in [0.4, 0.5) is 4.79 Å². The fraction of sp³-hybridized carbons (Fsp3) is 0.421. The molecule has 0 unspecified atom stereocenters.